The molecule has 1 saturated heterocycles. The highest BCUT2D eigenvalue weighted by atomic mass is 35.5. The lowest BCUT2D eigenvalue weighted by Gasteiger charge is -2.22. The zero-order chi connectivity index (χ0) is 19.8. The Hall–Kier alpha value is -2.29. The van der Waals surface area contributed by atoms with Crippen molar-refractivity contribution in [2.45, 2.75) is 10.9 Å². The van der Waals surface area contributed by atoms with E-state index in [0.29, 0.717) is 4.31 Å². The van der Waals surface area contributed by atoms with Gasteiger partial charge >= 0.3 is 12.0 Å². The maximum Gasteiger partial charge on any atom is 0.339 e. The van der Waals surface area contributed by atoms with E-state index < -0.39 is 34.6 Å². The molecule has 1 atom stereocenters. The van der Waals surface area contributed by atoms with Crippen molar-refractivity contribution in [2.75, 3.05) is 18.6 Å². The molecule has 7 nitrogen and oxygen atoms in total. The van der Waals surface area contributed by atoms with Gasteiger partial charge in [0.25, 0.3) is 10.0 Å². The zero-order valence-corrected chi connectivity index (χ0v) is 16.3. The smallest absolute Gasteiger partial charge is 0.339 e. The number of para-hydroxylation sites is 1. The zero-order valence-electron chi connectivity index (χ0n) is 14.0. The number of methoxy groups -OCH3 is 1. The minimum atomic E-state index is -4.29. The average molecular weight is 429 g/mol. The number of halogens is 2. The van der Waals surface area contributed by atoms with Gasteiger partial charge in [-0.3, -0.25) is 4.90 Å². The van der Waals surface area contributed by atoms with Gasteiger partial charge in [0.2, 0.25) is 0 Å². The van der Waals surface area contributed by atoms with Gasteiger partial charge in [-0.1, -0.05) is 47.5 Å². The largest absolute Gasteiger partial charge is 0.467 e. The first-order valence-electron chi connectivity index (χ1n) is 7.72. The highest BCUT2D eigenvalue weighted by molar-refractivity contribution is 7.89. The predicted octanol–water partition coefficient (Wildman–Crippen LogP) is 3.17. The molecule has 1 aliphatic rings. The van der Waals surface area contributed by atoms with Gasteiger partial charge in [0.15, 0.2) is 6.04 Å². The minimum absolute atomic E-state index is 0.0314. The first-order valence-corrected chi connectivity index (χ1v) is 9.91. The van der Waals surface area contributed by atoms with E-state index in [4.69, 9.17) is 27.9 Å². The van der Waals surface area contributed by atoms with Crippen LogP contribution in [-0.2, 0) is 19.6 Å². The number of nitrogens with zero attached hydrogens (tertiary/aromatic N) is 2. The number of carbonyl (C=O) groups is 2. The van der Waals surface area contributed by atoms with Crippen LogP contribution in [0.25, 0.3) is 0 Å². The third-order valence-corrected chi connectivity index (χ3v) is 6.62. The second kappa shape index (κ2) is 7.38. The van der Waals surface area contributed by atoms with Crippen molar-refractivity contribution >= 4 is 50.9 Å². The third kappa shape index (κ3) is 3.36. The van der Waals surface area contributed by atoms with E-state index in [1.165, 1.54) is 30.3 Å². The molecular formula is C17H14Cl2N2O5S. The van der Waals surface area contributed by atoms with Crippen LogP contribution in [0.3, 0.4) is 0 Å². The highest BCUT2D eigenvalue weighted by Gasteiger charge is 2.49. The summed E-state index contributed by atoms with van der Waals surface area (Å²) < 4.78 is 31.3. The molecule has 0 spiro atoms. The Morgan fingerprint density at radius 1 is 1.07 bits per heavy atom. The number of hydrogen-bond donors (Lipinski definition) is 0. The third-order valence-electron chi connectivity index (χ3n) is 4.06. The van der Waals surface area contributed by atoms with E-state index in [1.807, 2.05) is 0 Å². The maximum absolute atomic E-state index is 13.0. The van der Waals surface area contributed by atoms with Crippen molar-refractivity contribution in [1.82, 2.24) is 4.31 Å². The van der Waals surface area contributed by atoms with Crippen LogP contribution >= 0.6 is 23.2 Å². The Morgan fingerprint density at radius 3 is 2.26 bits per heavy atom. The summed E-state index contributed by atoms with van der Waals surface area (Å²) in [5, 5.41) is 0.160. The van der Waals surface area contributed by atoms with Crippen LogP contribution in [0.15, 0.2) is 53.4 Å². The Kier molecular flexibility index (Phi) is 5.32. The predicted molar refractivity (Wildman–Crippen MR) is 100 cm³/mol. The summed E-state index contributed by atoms with van der Waals surface area (Å²) in [5.74, 6) is -0.764. The molecule has 0 aromatic heterocycles. The molecule has 2 amide bonds. The van der Waals surface area contributed by atoms with Crippen molar-refractivity contribution in [1.29, 1.82) is 0 Å². The van der Waals surface area contributed by atoms with Gasteiger partial charge in [-0.2, -0.15) is 0 Å². The molecule has 0 radical (unpaired) electrons. The number of ether oxygens (including phenoxy) is 1. The van der Waals surface area contributed by atoms with Crippen molar-refractivity contribution < 1.29 is 22.7 Å². The molecule has 142 valence electrons. The second-order valence-corrected chi connectivity index (χ2v) is 8.25. The van der Waals surface area contributed by atoms with Crippen molar-refractivity contribution in [3.05, 3.63) is 58.6 Å². The van der Waals surface area contributed by atoms with Crippen LogP contribution in [0, 0.1) is 0 Å². The molecule has 3 rings (SSSR count). The number of hydrogen-bond acceptors (Lipinski definition) is 5. The molecule has 27 heavy (non-hydrogen) atoms. The van der Waals surface area contributed by atoms with Gasteiger partial charge in [0.05, 0.1) is 29.4 Å². The fourth-order valence-electron chi connectivity index (χ4n) is 2.78. The molecule has 1 heterocycles. The van der Waals surface area contributed by atoms with Gasteiger partial charge < -0.3 is 4.74 Å². The quantitative estimate of drug-likeness (QED) is 0.698. The number of benzene rings is 2. The first kappa shape index (κ1) is 19.5. The van der Waals surface area contributed by atoms with E-state index in [0.717, 1.165) is 12.0 Å². The molecule has 0 bridgehead atoms. The van der Waals surface area contributed by atoms with E-state index in [1.54, 1.807) is 18.2 Å². The van der Waals surface area contributed by atoms with Crippen LogP contribution in [0.4, 0.5) is 10.5 Å². The van der Waals surface area contributed by atoms with Crippen molar-refractivity contribution in [3.63, 3.8) is 0 Å². The summed E-state index contributed by atoms with van der Waals surface area (Å²) in [4.78, 5) is 26.0. The number of urea groups is 1. The maximum atomic E-state index is 13.0. The molecule has 2 aromatic carbocycles. The molecular weight excluding hydrogens is 415 g/mol. The average Bonchev–Trinajstić information content (AvgIpc) is 2.99. The Balaban J connectivity index is 2.10. The molecule has 1 fully saturated rings. The second-order valence-electron chi connectivity index (χ2n) is 5.61. The van der Waals surface area contributed by atoms with Crippen LogP contribution in [0.2, 0.25) is 10.0 Å². The topological polar surface area (TPSA) is 84.0 Å². The number of amides is 2. The lowest BCUT2D eigenvalue weighted by molar-refractivity contribution is -0.141. The lowest BCUT2D eigenvalue weighted by atomic mass is 10.2. The van der Waals surface area contributed by atoms with Crippen LogP contribution in [0.1, 0.15) is 0 Å². The molecule has 0 saturated carbocycles. The standard InChI is InChI=1S/C17H14Cl2N2O5S/c1-26-16(22)14-10-20(27(24,25)15-9-5-3-7-12(15)19)17(23)21(14)13-8-4-2-6-11(13)18/h2-9,14H,10H2,1H3/t14-/m0/s1. The molecule has 1 aliphatic heterocycles. The molecule has 2 aromatic rings. The Morgan fingerprint density at radius 2 is 1.67 bits per heavy atom. The van der Waals surface area contributed by atoms with Gasteiger partial charge in [0.1, 0.15) is 4.90 Å². The Bertz CT molecular complexity index is 1010. The minimum Gasteiger partial charge on any atom is -0.467 e. The molecule has 0 N–H and O–H groups in total. The van der Waals surface area contributed by atoms with Gasteiger partial charge in [-0.05, 0) is 24.3 Å². The van der Waals surface area contributed by atoms with Gasteiger partial charge in [0, 0.05) is 0 Å². The number of rotatable bonds is 4. The molecule has 0 aliphatic carbocycles. The first-order chi connectivity index (χ1) is 12.8. The summed E-state index contributed by atoms with van der Waals surface area (Å²) in [6.45, 7) is -0.426. The lowest BCUT2D eigenvalue weighted by Crippen LogP contribution is -2.40. The normalized spacial score (nSPS) is 17.3. The number of anilines is 1. The SMILES string of the molecule is COC(=O)[C@@H]1CN(S(=O)(=O)c2ccccc2Cl)C(=O)N1c1ccccc1Cl. The fourth-order valence-corrected chi connectivity index (χ4v) is 4.87. The van der Waals surface area contributed by atoms with Crippen molar-refractivity contribution in [3.8, 4) is 0 Å². The number of esters is 1. The van der Waals surface area contributed by atoms with Crippen LogP contribution in [0.5, 0.6) is 0 Å². The number of sulfonamides is 1. The van der Waals surface area contributed by atoms with Gasteiger partial charge in [-0.15, -0.1) is 0 Å². The van der Waals surface area contributed by atoms with E-state index in [2.05, 4.69) is 0 Å². The van der Waals surface area contributed by atoms with Crippen molar-refractivity contribution in [2.24, 2.45) is 0 Å². The summed E-state index contributed by atoms with van der Waals surface area (Å²) in [7, 11) is -3.13. The summed E-state index contributed by atoms with van der Waals surface area (Å²) in [6.07, 6.45) is 0. The van der Waals surface area contributed by atoms with Crippen LogP contribution < -0.4 is 4.90 Å². The summed E-state index contributed by atoms with van der Waals surface area (Å²) in [6, 6.07) is 9.97. The van der Waals surface area contributed by atoms with Gasteiger partial charge in [-0.25, -0.2) is 22.3 Å². The molecule has 10 heteroatoms. The fraction of sp³-hybridized carbons (Fsp3) is 0.176. The summed E-state index contributed by atoms with van der Waals surface area (Å²) >= 11 is 12.1. The van der Waals surface area contributed by atoms with Crippen LogP contribution in [-0.4, -0.2) is 44.4 Å². The van der Waals surface area contributed by atoms with E-state index in [9.17, 15) is 18.0 Å². The van der Waals surface area contributed by atoms with E-state index >= 15 is 0 Å². The molecule has 0 unspecified atom stereocenters. The number of carbonyl (C=O) groups excluding carboxylic acids is 2. The highest BCUT2D eigenvalue weighted by Crippen LogP contribution is 2.35. The summed E-state index contributed by atoms with van der Waals surface area (Å²) in [5.41, 5.74) is 0.205. The monoisotopic (exact) mass is 428 g/mol. The van der Waals surface area contributed by atoms with E-state index in [-0.39, 0.29) is 20.6 Å². The Labute approximate surface area is 166 Å².